The van der Waals surface area contributed by atoms with Crippen molar-refractivity contribution < 1.29 is 14.8 Å². The predicted octanol–water partition coefficient (Wildman–Crippen LogP) is 0.993. The first kappa shape index (κ1) is 11.3. The molecule has 10 heteroatoms. The van der Waals surface area contributed by atoms with Crippen LogP contribution in [0.25, 0.3) is 0 Å². The third-order valence-electron chi connectivity index (χ3n) is 1.75. The van der Waals surface area contributed by atoms with Crippen LogP contribution in [-0.4, -0.2) is 14.8 Å². The molecule has 1 aromatic rings. The first-order chi connectivity index (χ1) is 7.36. The summed E-state index contributed by atoms with van der Waals surface area (Å²) in [7, 11) is 0. The standard InChI is InChI=1S/C6H4N4O6/c7-5-3(8(11)12)1-2-4(9(13)14)6(5)10(15)16/h1-2H,7H2. The van der Waals surface area contributed by atoms with Gasteiger partial charge in [0.15, 0.2) is 5.69 Å². The fourth-order valence-corrected chi connectivity index (χ4v) is 1.08. The summed E-state index contributed by atoms with van der Waals surface area (Å²) in [5.74, 6) is 0. The monoisotopic (exact) mass is 228 g/mol. The summed E-state index contributed by atoms with van der Waals surface area (Å²) in [6, 6.07) is 1.42. The molecule has 84 valence electrons. The second kappa shape index (κ2) is 3.76. The van der Waals surface area contributed by atoms with Gasteiger partial charge in [0, 0.05) is 12.1 Å². The van der Waals surface area contributed by atoms with E-state index in [4.69, 9.17) is 5.73 Å². The molecular formula is C6H4N4O6. The molecular weight excluding hydrogens is 224 g/mol. The molecule has 0 bridgehead atoms. The lowest BCUT2D eigenvalue weighted by Gasteiger charge is -1.99. The second-order valence-electron chi connectivity index (χ2n) is 2.64. The minimum absolute atomic E-state index is 0.673. The fourth-order valence-electron chi connectivity index (χ4n) is 1.08. The van der Waals surface area contributed by atoms with E-state index in [9.17, 15) is 30.3 Å². The molecule has 0 amide bonds. The Labute approximate surface area is 86.7 Å². The maximum absolute atomic E-state index is 10.5. The molecule has 0 aliphatic rings. The Morgan fingerprint density at radius 1 is 0.875 bits per heavy atom. The number of hydrogen-bond donors (Lipinski definition) is 1. The van der Waals surface area contributed by atoms with Crippen LogP contribution in [-0.2, 0) is 0 Å². The van der Waals surface area contributed by atoms with Gasteiger partial charge in [-0.2, -0.15) is 0 Å². The van der Waals surface area contributed by atoms with Crippen molar-refractivity contribution in [2.75, 3.05) is 5.73 Å². The Bertz CT molecular complexity index is 498. The zero-order chi connectivity index (χ0) is 12.5. The van der Waals surface area contributed by atoms with E-state index in [0.29, 0.717) is 6.07 Å². The van der Waals surface area contributed by atoms with Crippen LogP contribution < -0.4 is 5.73 Å². The fraction of sp³-hybridized carbons (Fsp3) is 0. The van der Waals surface area contributed by atoms with E-state index >= 15 is 0 Å². The molecule has 0 aliphatic carbocycles. The van der Waals surface area contributed by atoms with Gasteiger partial charge >= 0.3 is 11.4 Å². The van der Waals surface area contributed by atoms with Crippen molar-refractivity contribution in [2.24, 2.45) is 0 Å². The number of nitro benzene ring substituents is 3. The summed E-state index contributed by atoms with van der Waals surface area (Å²) in [6.07, 6.45) is 0. The van der Waals surface area contributed by atoms with E-state index in [-0.39, 0.29) is 0 Å². The molecule has 0 saturated heterocycles. The van der Waals surface area contributed by atoms with Crippen LogP contribution in [0.1, 0.15) is 0 Å². The van der Waals surface area contributed by atoms with Crippen LogP contribution in [0.5, 0.6) is 0 Å². The minimum Gasteiger partial charge on any atom is -0.387 e. The summed E-state index contributed by atoms with van der Waals surface area (Å²) < 4.78 is 0. The maximum atomic E-state index is 10.5. The topological polar surface area (TPSA) is 155 Å². The van der Waals surface area contributed by atoms with Gasteiger partial charge in [-0.1, -0.05) is 0 Å². The van der Waals surface area contributed by atoms with Gasteiger partial charge < -0.3 is 5.73 Å². The van der Waals surface area contributed by atoms with E-state index in [1.54, 1.807) is 0 Å². The molecule has 0 aromatic heterocycles. The van der Waals surface area contributed by atoms with Crippen molar-refractivity contribution in [2.45, 2.75) is 0 Å². The number of rotatable bonds is 3. The Hall–Kier alpha value is -2.78. The molecule has 0 aliphatic heterocycles. The molecule has 0 unspecified atom stereocenters. The van der Waals surface area contributed by atoms with Crippen LogP contribution in [0.2, 0.25) is 0 Å². The highest BCUT2D eigenvalue weighted by molar-refractivity contribution is 5.78. The highest BCUT2D eigenvalue weighted by Crippen LogP contribution is 2.38. The number of hydrogen-bond acceptors (Lipinski definition) is 7. The number of anilines is 1. The van der Waals surface area contributed by atoms with Gasteiger partial charge in [-0.05, 0) is 0 Å². The van der Waals surface area contributed by atoms with Crippen LogP contribution in [0.15, 0.2) is 12.1 Å². The van der Waals surface area contributed by atoms with Crippen molar-refractivity contribution in [3.8, 4) is 0 Å². The molecule has 0 saturated carbocycles. The zero-order valence-electron chi connectivity index (χ0n) is 7.52. The highest BCUT2D eigenvalue weighted by atomic mass is 16.6. The highest BCUT2D eigenvalue weighted by Gasteiger charge is 2.33. The molecule has 10 nitrogen and oxygen atoms in total. The van der Waals surface area contributed by atoms with Crippen molar-refractivity contribution >= 4 is 22.7 Å². The summed E-state index contributed by atoms with van der Waals surface area (Å²) in [5.41, 5.74) is 1.62. The molecule has 2 N–H and O–H groups in total. The molecule has 0 spiro atoms. The third-order valence-corrected chi connectivity index (χ3v) is 1.75. The number of nitrogen functional groups attached to an aromatic ring is 1. The van der Waals surface area contributed by atoms with Crippen molar-refractivity contribution in [1.29, 1.82) is 0 Å². The second-order valence-corrected chi connectivity index (χ2v) is 2.64. The number of nitro groups is 3. The van der Waals surface area contributed by atoms with Gasteiger partial charge in [-0.25, -0.2) is 0 Å². The van der Waals surface area contributed by atoms with E-state index < -0.39 is 37.5 Å². The maximum Gasteiger partial charge on any atom is 0.375 e. The first-order valence-corrected chi connectivity index (χ1v) is 3.72. The van der Waals surface area contributed by atoms with Gasteiger partial charge in [0.1, 0.15) is 0 Å². The normalized spacial score (nSPS) is 9.75. The molecule has 1 aromatic carbocycles. The van der Waals surface area contributed by atoms with Gasteiger partial charge in [-0.15, -0.1) is 0 Å². The number of nitrogens with zero attached hydrogens (tertiary/aromatic N) is 3. The summed E-state index contributed by atoms with van der Waals surface area (Å²) in [5, 5.41) is 31.4. The van der Waals surface area contributed by atoms with Gasteiger partial charge in [0.2, 0.25) is 0 Å². The molecule has 0 heterocycles. The lowest BCUT2D eigenvalue weighted by Crippen LogP contribution is -2.04. The summed E-state index contributed by atoms with van der Waals surface area (Å²) >= 11 is 0. The largest absolute Gasteiger partial charge is 0.387 e. The third kappa shape index (κ3) is 1.70. The first-order valence-electron chi connectivity index (χ1n) is 3.72. The van der Waals surface area contributed by atoms with E-state index in [0.717, 1.165) is 6.07 Å². The Kier molecular flexibility index (Phi) is 2.66. The van der Waals surface area contributed by atoms with Gasteiger partial charge in [-0.3, -0.25) is 30.3 Å². The number of nitrogens with two attached hydrogens (primary N) is 1. The van der Waals surface area contributed by atoms with Crippen LogP contribution >= 0.6 is 0 Å². The van der Waals surface area contributed by atoms with Crippen LogP contribution in [0.3, 0.4) is 0 Å². The summed E-state index contributed by atoms with van der Waals surface area (Å²) in [6.45, 7) is 0. The molecule has 16 heavy (non-hydrogen) atoms. The summed E-state index contributed by atoms with van der Waals surface area (Å²) in [4.78, 5) is 28.3. The molecule has 0 radical (unpaired) electrons. The Balaban J connectivity index is 3.60. The van der Waals surface area contributed by atoms with E-state index in [1.807, 2.05) is 0 Å². The van der Waals surface area contributed by atoms with Crippen LogP contribution in [0.4, 0.5) is 22.7 Å². The van der Waals surface area contributed by atoms with Crippen molar-refractivity contribution in [1.82, 2.24) is 0 Å². The molecule has 0 fully saturated rings. The number of benzene rings is 1. The minimum atomic E-state index is -1.12. The predicted molar refractivity (Wildman–Crippen MR) is 50.8 cm³/mol. The average molecular weight is 228 g/mol. The SMILES string of the molecule is Nc1c([N+](=O)[O-])ccc([N+](=O)[O-])c1[N+](=O)[O-]. The van der Waals surface area contributed by atoms with Crippen molar-refractivity contribution in [3.63, 3.8) is 0 Å². The van der Waals surface area contributed by atoms with Gasteiger partial charge in [0.05, 0.1) is 14.8 Å². The van der Waals surface area contributed by atoms with Crippen molar-refractivity contribution in [3.05, 3.63) is 42.5 Å². The van der Waals surface area contributed by atoms with Gasteiger partial charge in [0.25, 0.3) is 5.69 Å². The lowest BCUT2D eigenvalue weighted by atomic mass is 10.2. The Morgan fingerprint density at radius 3 is 1.69 bits per heavy atom. The smallest absolute Gasteiger partial charge is 0.375 e. The Morgan fingerprint density at radius 2 is 1.31 bits per heavy atom. The zero-order valence-corrected chi connectivity index (χ0v) is 7.52. The average Bonchev–Trinajstić information content (AvgIpc) is 2.15. The molecule has 0 atom stereocenters. The lowest BCUT2D eigenvalue weighted by molar-refractivity contribution is -0.423. The van der Waals surface area contributed by atoms with Crippen LogP contribution in [0, 0.1) is 30.3 Å². The van der Waals surface area contributed by atoms with E-state index in [2.05, 4.69) is 0 Å². The quantitative estimate of drug-likeness (QED) is 0.459. The van der Waals surface area contributed by atoms with E-state index in [1.165, 1.54) is 0 Å². The molecule has 1 rings (SSSR count).